The number of halogens is 2. The molecule has 3 N–H and O–H groups in total. The van der Waals surface area contributed by atoms with E-state index in [1.165, 1.54) is 6.07 Å². The molecule has 0 fully saturated rings. The van der Waals surface area contributed by atoms with E-state index in [4.69, 9.17) is 23.4 Å². The number of aromatic hydroxyl groups is 2. The van der Waals surface area contributed by atoms with Crippen molar-refractivity contribution in [2.45, 2.75) is 6.92 Å². The summed E-state index contributed by atoms with van der Waals surface area (Å²) in [4.78, 5) is 10.3. The third kappa shape index (κ3) is 3.35. The van der Waals surface area contributed by atoms with Gasteiger partial charge in [-0.15, -0.1) is 0 Å². The van der Waals surface area contributed by atoms with Crippen LogP contribution in [0, 0.1) is 10.1 Å². The van der Waals surface area contributed by atoms with Gasteiger partial charge in [-0.1, -0.05) is 17.7 Å². The fourth-order valence-electron chi connectivity index (χ4n) is 1.98. The molecule has 0 heterocycles. The molecule has 2 aromatic rings. The van der Waals surface area contributed by atoms with E-state index in [1.54, 1.807) is 12.1 Å². The van der Waals surface area contributed by atoms with Crippen LogP contribution in [0.2, 0.25) is 5.02 Å². The fourth-order valence-corrected chi connectivity index (χ4v) is 2.45. The third-order valence-electron chi connectivity index (χ3n) is 3.04. The minimum Gasteiger partial charge on any atom is -0.504 e. The lowest BCUT2D eigenvalue weighted by Crippen LogP contribution is -2.05. The number of non-ortho nitro benzene ring substituents is 1. The summed E-state index contributed by atoms with van der Waals surface area (Å²) in [5, 5.41) is 33.9. The molecule has 2 rings (SSSR count). The summed E-state index contributed by atoms with van der Waals surface area (Å²) in [6.07, 6.45) is 0. The molecular formula is C14H13Cl2N3O4. The summed E-state index contributed by atoms with van der Waals surface area (Å²) in [6, 6.07) is 6.86. The normalized spacial score (nSPS) is 10.4. The molecule has 0 spiro atoms. The van der Waals surface area contributed by atoms with E-state index in [9.17, 15) is 20.3 Å². The number of phenolic OH excluding ortho intramolecular Hbond substituents is 2. The number of nitro benzene ring substituents is 1. The minimum atomic E-state index is -0.658. The Labute approximate surface area is 141 Å². The second kappa shape index (κ2) is 6.80. The molecule has 122 valence electrons. The number of rotatable bonds is 5. The Bertz CT molecular complexity index is 755. The van der Waals surface area contributed by atoms with Gasteiger partial charge in [0, 0.05) is 30.5 Å². The summed E-state index contributed by atoms with van der Waals surface area (Å²) in [7, 11) is 0. The largest absolute Gasteiger partial charge is 0.504 e. The van der Waals surface area contributed by atoms with Gasteiger partial charge < -0.3 is 15.5 Å². The molecule has 0 unspecified atom stereocenters. The molecule has 0 bridgehead atoms. The number of phenols is 2. The zero-order chi connectivity index (χ0) is 17.1. The summed E-state index contributed by atoms with van der Waals surface area (Å²) >= 11 is 12.0. The third-order valence-corrected chi connectivity index (χ3v) is 3.70. The summed E-state index contributed by atoms with van der Waals surface area (Å²) in [5.41, 5.74) is 0.120. The number of hydrogen-bond donors (Lipinski definition) is 3. The molecule has 23 heavy (non-hydrogen) atoms. The first-order valence-electron chi connectivity index (χ1n) is 6.55. The van der Waals surface area contributed by atoms with Crippen molar-refractivity contribution in [3.63, 3.8) is 0 Å². The SMILES string of the molecule is CCNc1cccc(N(Cl)c2cc([N+](=O)[O-])cc(Cl)c2O)c1O. The van der Waals surface area contributed by atoms with Crippen LogP contribution in [-0.4, -0.2) is 21.7 Å². The summed E-state index contributed by atoms with van der Waals surface area (Å²) in [5.74, 6) is -0.591. The molecule has 0 aliphatic heterocycles. The maximum atomic E-state index is 10.9. The smallest absolute Gasteiger partial charge is 0.273 e. The zero-order valence-corrected chi connectivity index (χ0v) is 13.5. The Morgan fingerprint density at radius 1 is 1.26 bits per heavy atom. The van der Waals surface area contributed by atoms with Crippen molar-refractivity contribution < 1.29 is 15.1 Å². The highest BCUT2D eigenvalue weighted by molar-refractivity contribution is 6.34. The number of anilines is 3. The van der Waals surface area contributed by atoms with Crippen LogP contribution in [0.5, 0.6) is 11.5 Å². The van der Waals surface area contributed by atoms with Crippen LogP contribution in [0.4, 0.5) is 22.7 Å². The van der Waals surface area contributed by atoms with E-state index in [0.29, 0.717) is 12.2 Å². The van der Waals surface area contributed by atoms with Crippen LogP contribution in [0.15, 0.2) is 30.3 Å². The first kappa shape index (κ1) is 17.0. The first-order valence-corrected chi connectivity index (χ1v) is 7.27. The summed E-state index contributed by atoms with van der Waals surface area (Å²) in [6.45, 7) is 2.43. The predicted molar refractivity (Wildman–Crippen MR) is 90.0 cm³/mol. The lowest BCUT2D eigenvalue weighted by atomic mass is 10.2. The van der Waals surface area contributed by atoms with Gasteiger partial charge in [0.1, 0.15) is 11.4 Å². The van der Waals surface area contributed by atoms with Crippen LogP contribution in [0.1, 0.15) is 6.92 Å². The van der Waals surface area contributed by atoms with Crippen LogP contribution in [0.25, 0.3) is 0 Å². The Morgan fingerprint density at radius 3 is 2.57 bits per heavy atom. The average Bonchev–Trinajstić information content (AvgIpc) is 2.51. The van der Waals surface area contributed by atoms with Crippen LogP contribution in [0.3, 0.4) is 0 Å². The second-order valence-electron chi connectivity index (χ2n) is 4.54. The topological polar surface area (TPSA) is 98.9 Å². The predicted octanol–water partition coefficient (Wildman–Crippen LogP) is 4.38. The molecule has 0 aliphatic rings. The van der Waals surface area contributed by atoms with Crippen molar-refractivity contribution in [3.8, 4) is 11.5 Å². The lowest BCUT2D eigenvalue weighted by molar-refractivity contribution is -0.384. The second-order valence-corrected chi connectivity index (χ2v) is 5.28. The maximum Gasteiger partial charge on any atom is 0.273 e. The molecule has 0 saturated heterocycles. The standard InChI is InChI=1S/C14H13Cl2N3O4/c1-2-17-10-4-3-5-11(14(10)21)18(16)12-7-8(19(22)23)6-9(15)13(12)20/h3-7,17,20-21H,2H2,1H3. The van der Waals surface area contributed by atoms with Gasteiger partial charge in [0.25, 0.3) is 5.69 Å². The Morgan fingerprint density at radius 2 is 1.96 bits per heavy atom. The van der Waals surface area contributed by atoms with Gasteiger partial charge in [-0.25, -0.2) is 4.42 Å². The van der Waals surface area contributed by atoms with Crippen molar-refractivity contribution >= 4 is 46.1 Å². The molecule has 0 aromatic heterocycles. The highest BCUT2D eigenvalue weighted by atomic mass is 35.5. The highest BCUT2D eigenvalue weighted by Gasteiger charge is 2.22. The van der Waals surface area contributed by atoms with Crippen molar-refractivity contribution in [2.24, 2.45) is 0 Å². The van der Waals surface area contributed by atoms with Crippen LogP contribution >= 0.6 is 23.4 Å². The van der Waals surface area contributed by atoms with E-state index in [1.807, 2.05) is 6.92 Å². The number of nitrogens with zero attached hydrogens (tertiary/aromatic N) is 2. The highest BCUT2D eigenvalue weighted by Crippen LogP contribution is 2.46. The fraction of sp³-hybridized carbons (Fsp3) is 0.143. The van der Waals surface area contributed by atoms with Gasteiger partial charge in [0.15, 0.2) is 11.5 Å². The van der Waals surface area contributed by atoms with E-state index >= 15 is 0 Å². The van der Waals surface area contributed by atoms with E-state index in [2.05, 4.69) is 5.32 Å². The monoisotopic (exact) mass is 357 g/mol. The quantitative estimate of drug-likeness (QED) is 0.317. The lowest BCUT2D eigenvalue weighted by Gasteiger charge is -2.20. The molecule has 9 heteroatoms. The van der Waals surface area contributed by atoms with E-state index in [0.717, 1.165) is 16.6 Å². The van der Waals surface area contributed by atoms with Gasteiger partial charge in [-0.05, 0) is 19.1 Å². The minimum absolute atomic E-state index is 0.116. The molecule has 7 nitrogen and oxygen atoms in total. The van der Waals surface area contributed by atoms with Gasteiger partial charge in [0.05, 0.1) is 15.6 Å². The van der Waals surface area contributed by atoms with Gasteiger partial charge >= 0.3 is 0 Å². The van der Waals surface area contributed by atoms with Gasteiger partial charge in [-0.2, -0.15) is 0 Å². The zero-order valence-electron chi connectivity index (χ0n) is 12.0. The van der Waals surface area contributed by atoms with E-state index in [-0.39, 0.29) is 27.8 Å². The number of benzene rings is 2. The maximum absolute atomic E-state index is 10.9. The Hall–Kier alpha value is -2.38. The van der Waals surface area contributed by atoms with Crippen molar-refractivity contribution in [1.82, 2.24) is 0 Å². The molecule has 0 aliphatic carbocycles. The van der Waals surface area contributed by atoms with Crippen LogP contribution < -0.4 is 9.74 Å². The van der Waals surface area contributed by atoms with Crippen molar-refractivity contribution in [2.75, 3.05) is 16.3 Å². The number of nitro groups is 1. The first-order chi connectivity index (χ1) is 10.9. The van der Waals surface area contributed by atoms with Gasteiger partial charge in [0.2, 0.25) is 0 Å². The molecule has 0 atom stereocenters. The average molecular weight is 358 g/mol. The molecule has 0 amide bonds. The van der Waals surface area contributed by atoms with E-state index < -0.39 is 10.7 Å². The molecular weight excluding hydrogens is 345 g/mol. The Kier molecular flexibility index (Phi) is 5.02. The summed E-state index contributed by atoms with van der Waals surface area (Å²) < 4.78 is 0.907. The van der Waals surface area contributed by atoms with Crippen molar-refractivity contribution in [1.29, 1.82) is 0 Å². The number of hydrogen-bond acceptors (Lipinski definition) is 6. The molecule has 0 radical (unpaired) electrons. The number of nitrogens with one attached hydrogen (secondary N) is 1. The molecule has 2 aromatic carbocycles. The number of para-hydroxylation sites is 1. The molecule has 0 saturated carbocycles. The van der Waals surface area contributed by atoms with Crippen molar-refractivity contribution in [3.05, 3.63) is 45.5 Å². The van der Waals surface area contributed by atoms with Gasteiger partial charge in [-0.3, -0.25) is 10.1 Å². The Balaban J connectivity index is 2.55. The van der Waals surface area contributed by atoms with Crippen LogP contribution in [-0.2, 0) is 0 Å².